The van der Waals surface area contributed by atoms with Crippen LogP contribution >= 0.6 is 0 Å². The van der Waals surface area contributed by atoms with Crippen LogP contribution in [0.25, 0.3) is 0 Å². The molecule has 1 aromatic heterocycles. The number of aryl methyl sites for hydroxylation is 1. The second kappa shape index (κ2) is 5.53. The molecule has 5 nitrogen and oxygen atoms in total. The molecule has 4 N–H and O–H groups in total. The zero-order chi connectivity index (χ0) is 12.1. The van der Waals surface area contributed by atoms with Gasteiger partial charge in [-0.05, 0) is 12.8 Å². The van der Waals surface area contributed by atoms with Crippen molar-refractivity contribution in [1.29, 1.82) is 0 Å². The molecule has 0 aliphatic rings. The van der Waals surface area contributed by atoms with Crippen molar-refractivity contribution in [2.24, 2.45) is 5.92 Å². The fourth-order valence-corrected chi connectivity index (χ4v) is 1.51. The Morgan fingerprint density at radius 1 is 1.50 bits per heavy atom. The highest BCUT2D eigenvalue weighted by molar-refractivity contribution is 5.97. The van der Waals surface area contributed by atoms with Crippen molar-refractivity contribution in [1.82, 2.24) is 15.5 Å². The summed E-state index contributed by atoms with van der Waals surface area (Å²) in [5.74, 6) is 0.318. The molecule has 0 aliphatic heterocycles. The highest BCUT2D eigenvalue weighted by atomic mass is 16.1. The molecule has 0 aliphatic carbocycles. The van der Waals surface area contributed by atoms with E-state index in [9.17, 15) is 4.79 Å². The number of hydrogen-bond acceptors (Lipinski definition) is 3. The minimum atomic E-state index is -0.200. The molecule has 0 radical (unpaired) electrons. The molecule has 0 spiro atoms. The molecule has 0 saturated heterocycles. The summed E-state index contributed by atoms with van der Waals surface area (Å²) in [5.41, 5.74) is 7.18. The number of H-pyrrole nitrogens is 1. The first-order valence-electron chi connectivity index (χ1n) is 5.68. The lowest BCUT2D eigenvalue weighted by molar-refractivity contribution is 0.0942. The number of amides is 1. The Kier molecular flexibility index (Phi) is 4.34. The van der Waals surface area contributed by atoms with E-state index in [1.807, 2.05) is 0 Å². The molecule has 0 unspecified atom stereocenters. The lowest BCUT2D eigenvalue weighted by atomic mass is 10.0. The Hall–Kier alpha value is -1.52. The number of hydrogen-bond donors (Lipinski definition) is 3. The first-order chi connectivity index (χ1) is 7.60. The SMILES string of the molecule is CCC(CC)CNC(=O)c1n[nH]c(C)c1N. The second-order valence-corrected chi connectivity index (χ2v) is 4.00. The molecule has 0 saturated carbocycles. The molecule has 16 heavy (non-hydrogen) atoms. The van der Waals surface area contributed by atoms with Gasteiger partial charge in [0.05, 0.1) is 11.4 Å². The van der Waals surface area contributed by atoms with Crippen LogP contribution in [0.5, 0.6) is 0 Å². The van der Waals surface area contributed by atoms with E-state index < -0.39 is 0 Å². The quantitative estimate of drug-likeness (QED) is 0.708. The maximum atomic E-state index is 11.7. The molecule has 1 heterocycles. The number of rotatable bonds is 5. The van der Waals surface area contributed by atoms with Crippen LogP contribution < -0.4 is 11.1 Å². The summed E-state index contributed by atoms with van der Waals surface area (Å²) in [4.78, 5) is 11.7. The van der Waals surface area contributed by atoms with E-state index in [1.54, 1.807) is 6.92 Å². The van der Waals surface area contributed by atoms with Gasteiger partial charge in [-0.1, -0.05) is 26.7 Å². The summed E-state index contributed by atoms with van der Waals surface area (Å²) in [5, 5.41) is 9.43. The van der Waals surface area contributed by atoms with Gasteiger partial charge in [0.2, 0.25) is 0 Å². The third-order valence-electron chi connectivity index (χ3n) is 2.92. The van der Waals surface area contributed by atoms with Crippen molar-refractivity contribution in [3.8, 4) is 0 Å². The number of nitrogens with two attached hydrogens (primary N) is 1. The van der Waals surface area contributed by atoms with Gasteiger partial charge < -0.3 is 11.1 Å². The van der Waals surface area contributed by atoms with Crippen LogP contribution in [0.3, 0.4) is 0 Å². The Balaban J connectivity index is 2.56. The molecule has 0 bridgehead atoms. The van der Waals surface area contributed by atoms with E-state index >= 15 is 0 Å². The molecule has 1 amide bonds. The van der Waals surface area contributed by atoms with Gasteiger partial charge in [0.25, 0.3) is 5.91 Å². The molecule has 0 aromatic carbocycles. The number of aromatic amines is 1. The van der Waals surface area contributed by atoms with Gasteiger partial charge in [-0.3, -0.25) is 9.89 Å². The largest absolute Gasteiger partial charge is 0.395 e. The number of nitrogens with zero attached hydrogens (tertiary/aromatic N) is 1. The number of carbonyl (C=O) groups is 1. The average molecular weight is 224 g/mol. The Morgan fingerprint density at radius 3 is 2.56 bits per heavy atom. The normalized spacial score (nSPS) is 10.8. The van der Waals surface area contributed by atoms with Crippen molar-refractivity contribution in [2.45, 2.75) is 33.6 Å². The molecule has 1 aromatic rings. The van der Waals surface area contributed by atoms with Crippen LogP contribution in [0, 0.1) is 12.8 Å². The van der Waals surface area contributed by atoms with E-state index in [1.165, 1.54) is 0 Å². The summed E-state index contributed by atoms with van der Waals surface area (Å²) in [7, 11) is 0. The zero-order valence-corrected chi connectivity index (χ0v) is 10.1. The highest BCUT2D eigenvalue weighted by Gasteiger charge is 2.15. The smallest absolute Gasteiger partial charge is 0.273 e. The molecule has 5 heteroatoms. The van der Waals surface area contributed by atoms with Crippen LogP contribution in [-0.4, -0.2) is 22.6 Å². The minimum absolute atomic E-state index is 0.200. The van der Waals surface area contributed by atoms with Gasteiger partial charge in [-0.25, -0.2) is 0 Å². The predicted octanol–water partition coefficient (Wildman–Crippen LogP) is 1.47. The van der Waals surface area contributed by atoms with Crippen molar-refractivity contribution in [3.63, 3.8) is 0 Å². The molecule has 1 rings (SSSR count). The maximum Gasteiger partial charge on any atom is 0.273 e. The van der Waals surface area contributed by atoms with Gasteiger partial charge >= 0.3 is 0 Å². The lowest BCUT2D eigenvalue weighted by Gasteiger charge is -2.12. The minimum Gasteiger partial charge on any atom is -0.395 e. The monoisotopic (exact) mass is 224 g/mol. The number of nitrogen functional groups attached to an aromatic ring is 1. The molecular weight excluding hydrogens is 204 g/mol. The fraction of sp³-hybridized carbons (Fsp3) is 0.636. The summed E-state index contributed by atoms with van der Waals surface area (Å²) < 4.78 is 0. The van der Waals surface area contributed by atoms with Crippen molar-refractivity contribution in [2.75, 3.05) is 12.3 Å². The number of aromatic nitrogens is 2. The van der Waals surface area contributed by atoms with E-state index in [0.29, 0.717) is 23.8 Å². The van der Waals surface area contributed by atoms with E-state index in [0.717, 1.165) is 18.5 Å². The average Bonchev–Trinajstić information content (AvgIpc) is 2.61. The van der Waals surface area contributed by atoms with Gasteiger partial charge in [-0.2, -0.15) is 5.10 Å². The van der Waals surface area contributed by atoms with Crippen molar-refractivity contribution >= 4 is 11.6 Å². The molecule has 0 fully saturated rings. The van der Waals surface area contributed by atoms with Crippen molar-refractivity contribution < 1.29 is 4.79 Å². The Labute approximate surface area is 95.8 Å². The summed E-state index contributed by atoms with van der Waals surface area (Å²) in [6.45, 7) is 6.71. The Morgan fingerprint density at radius 2 is 2.12 bits per heavy atom. The standard InChI is InChI=1S/C11H20N4O/c1-4-8(5-2)6-13-11(16)10-9(12)7(3)14-15-10/h8H,4-6,12H2,1-3H3,(H,13,16)(H,14,15). The third-order valence-corrected chi connectivity index (χ3v) is 2.92. The summed E-state index contributed by atoms with van der Waals surface area (Å²) in [6, 6.07) is 0. The third kappa shape index (κ3) is 2.74. The van der Waals surface area contributed by atoms with E-state index in [2.05, 4.69) is 29.4 Å². The molecular formula is C11H20N4O. The van der Waals surface area contributed by atoms with Gasteiger partial charge in [0, 0.05) is 6.54 Å². The van der Waals surface area contributed by atoms with Crippen LogP contribution in [0.4, 0.5) is 5.69 Å². The first kappa shape index (κ1) is 12.5. The summed E-state index contributed by atoms with van der Waals surface area (Å²) >= 11 is 0. The molecule has 90 valence electrons. The van der Waals surface area contributed by atoms with E-state index in [4.69, 9.17) is 5.73 Å². The number of carbonyl (C=O) groups excluding carboxylic acids is 1. The van der Waals surface area contributed by atoms with Crippen LogP contribution in [0.1, 0.15) is 42.9 Å². The van der Waals surface area contributed by atoms with Gasteiger partial charge in [0.1, 0.15) is 0 Å². The van der Waals surface area contributed by atoms with Crippen molar-refractivity contribution in [3.05, 3.63) is 11.4 Å². The predicted molar refractivity (Wildman–Crippen MR) is 64.1 cm³/mol. The number of nitrogens with one attached hydrogen (secondary N) is 2. The highest BCUT2D eigenvalue weighted by Crippen LogP contribution is 2.12. The topological polar surface area (TPSA) is 83.8 Å². The van der Waals surface area contributed by atoms with Gasteiger partial charge in [-0.15, -0.1) is 0 Å². The van der Waals surface area contributed by atoms with Crippen LogP contribution in [0.15, 0.2) is 0 Å². The van der Waals surface area contributed by atoms with Crippen LogP contribution in [0.2, 0.25) is 0 Å². The second-order valence-electron chi connectivity index (χ2n) is 4.00. The fourth-order valence-electron chi connectivity index (χ4n) is 1.51. The zero-order valence-electron chi connectivity index (χ0n) is 10.1. The van der Waals surface area contributed by atoms with Crippen LogP contribution in [-0.2, 0) is 0 Å². The maximum absolute atomic E-state index is 11.7. The Bertz CT molecular complexity index is 355. The first-order valence-corrected chi connectivity index (χ1v) is 5.68. The number of anilines is 1. The molecule has 0 atom stereocenters. The van der Waals surface area contributed by atoms with E-state index in [-0.39, 0.29) is 5.91 Å². The lowest BCUT2D eigenvalue weighted by Crippen LogP contribution is -2.29. The summed E-state index contributed by atoms with van der Waals surface area (Å²) in [6.07, 6.45) is 2.12. The van der Waals surface area contributed by atoms with Gasteiger partial charge in [0.15, 0.2) is 5.69 Å².